The third-order valence-electron chi connectivity index (χ3n) is 3.55. The molecule has 1 N–H and O–H groups in total. The van der Waals surface area contributed by atoms with E-state index < -0.39 is 0 Å². The first-order chi connectivity index (χ1) is 8.19. The maximum atomic E-state index is 8.75. The second kappa shape index (κ2) is 4.89. The normalized spacial score (nSPS) is 16.8. The molecule has 0 saturated heterocycles. The number of aromatic nitrogens is 2. The summed E-state index contributed by atoms with van der Waals surface area (Å²) in [4.78, 5) is 0. The fourth-order valence-electron chi connectivity index (χ4n) is 2.25. The summed E-state index contributed by atoms with van der Waals surface area (Å²) < 4.78 is 1.87. The van der Waals surface area contributed by atoms with Crippen LogP contribution in [-0.4, -0.2) is 16.3 Å². The Morgan fingerprint density at radius 2 is 2.35 bits per heavy atom. The van der Waals surface area contributed by atoms with E-state index in [9.17, 15) is 0 Å². The molecule has 17 heavy (non-hydrogen) atoms. The van der Waals surface area contributed by atoms with Crippen LogP contribution in [0.25, 0.3) is 0 Å². The molecule has 0 radical (unpaired) electrons. The van der Waals surface area contributed by atoms with Crippen LogP contribution in [0.5, 0.6) is 0 Å². The lowest BCUT2D eigenvalue weighted by molar-refractivity contribution is 0.466. The van der Waals surface area contributed by atoms with Crippen LogP contribution >= 0.6 is 0 Å². The molecule has 0 aromatic carbocycles. The fourth-order valence-corrected chi connectivity index (χ4v) is 2.25. The summed E-state index contributed by atoms with van der Waals surface area (Å²) in [5.74, 6) is 0. The molecule has 0 unspecified atom stereocenters. The molecule has 1 aliphatic rings. The molecule has 0 spiro atoms. The van der Waals surface area contributed by atoms with Crippen molar-refractivity contribution in [1.29, 1.82) is 5.26 Å². The van der Waals surface area contributed by atoms with Gasteiger partial charge in [0.2, 0.25) is 0 Å². The number of aryl methyl sites for hydroxylation is 2. The van der Waals surface area contributed by atoms with Gasteiger partial charge in [0.1, 0.15) is 0 Å². The number of nitrogens with zero attached hydrogens (tertiary/aromatic N) is 3. The molecular weight excluding hydrogens is 212 g/mol. The first-order valence-electron chi connectivity index (χ1n) is 6.28. The molecule has 0 aliphatic heterocycles. The fraction of sp³-hybridized carbons (Fsp3) is 0.692. The van der Waals surface area contributed by atoms with Crippen molar-refractivity contribution in [3.63, 3.8) is 0 Å². The summed E-state index contributed by atoms with van der Waals surface area (Å²) in [7, 11) is 1.96. The minimum absolute atomic E-state index is 0.281. The van der Waals surface area contributed by atoms with Crippen LogP contribution in [0.1, 0.15) is 37.4 Å². The van der Waals surface area contributed by atoms with Gasteiger partial charge in [-0.05, 0) is 24.7 Å². The lowest BCUT2D eigenvalue weighted by atomic mass is 10.0. The first-order valence-corrected chi connectivity index (χ1v) is 6.28. The SMILES string of the molecule is CCc1nn(C)cc1CNCC1(CC#N)CC1. The molecule has 92 valence electrons. The van der Waals surface area contributed by atoms with Gasteiger partial charge in [-0.2, -0.15) is 10.4 Å². The van der Waals surface area contributed by atoms with Crippen molar-refractivity contribution >= 4 is 0 Å². The third-order valence-corrected chi connectivity index (χ3v) is 3.55. The van der Waals surface area contributed by atoms with E-state index in [4.69, 9.17) is 5.26 Å². The molecule has 0 amide bonds. The molecule has 1 aromatic heterocycles. The first kappa shape index (κ1) is 12.1. The van der Waals surface area contributed by atoms with E-state index in [2.05, 4.69) is 29.6 Å². The number of nitriles is 1. The minimum Gasteiger partial charge on any atom is -0.312 e. The highest BCUT2D eigenvalue weighted by Gasteiger charge is 2.41. The zero-order valence-corrected chi connectivity index (χ0v) is 10.7. The number of nitrogens with one attached hydrogen (secondary N) is 1. The van der Waals surface area contributed by atoms with Gasteiger partial charge in [0.15, 0.2) is 0 Å². The highest BCUT2D eigenvalue weighted by atomic mass is 15.3. The quantitative estimate of drug-likeness (QED) is 0.813. The molecule has 1 aliphatic carbocycles. The summed E-state index contributed by atoms with van der Waals surface area (Å²) in [6.07, 6.45) is 6.13. The van der Waals surface area contributed by atoms with Gasteiger partial charge in [-0.15, -0.1) is 0 Å². The molecule has 0 atom stereocenters. The molecule has 2 rings (SSSR count). The molecular formula is C13H20N4. The summed E-state index contributed by atoms with van der Waals surface area (Å²) in [6, 6.07) is 2.29. The Morgan fingerprint density at radius 1 is 1.59 bits per heavy atom. The van der Waals surface area contributed by atoms with Crippen molar-refractivity contribution in [3.8, 4) is 6.07 Å². The lowest BCUT2D eigenvalue weighted by Gasteiger charge is -2.11. The molecule has 1 saturated carbocycles. The van der Waals surface area contributed by atoms with Gasteiger partial charge in [-0.3, -0.25) is 4.68 Å². The second-order valence-corrected chi connectivity index (χ2v) is 5.07. The maximum absolute atomic E-state index is 8.75. The van der Waals surface area contributed by atoms with Gasteiger partial charge in [0.25, 0.3) is 0 Å². The monoisotopic (exact) mass is 232 g/mol. The van der Waals surface area contributed by atoms with Crippen LogP contribution in [0.15, 0.2) is 6.20 Å². The lowest BCUT2D eigenvalue weighted by Crippen LogP contribution is -2.23. The van der Waals surface area contributed by atoms with Crippen molar-refractivity contribution < 1.29 is 0 Å². The molecule has 4 nitrogen and oxygen atoms in total. The van der Waals surface area contributed by atoms with Gasteiger partial charge >= 0.3 is 0 Å². The Labute approximate surface area is 103 Å². The van der Waals surface area contributed by atoms with Crippen molar-refractivity contribution in [2.75, 3.05) is 6.54 Å². The van der Waals surface area contributed by atoms with Crippen LogP contribution in [-0.2, 0) is 20.0 Å². The zero-order valence-electron chi connectivity index (χ0n) is 10.7. The van der Waals surface area contributed by atoms with Crippen molar-refractivity contribution in [2.45, 2.75) is 39.2 Å². The van der Waals surface area contributed by atoms with Crippen LogP contribution in [0, 0.1) is 16.7 Å². The van der Waals surface area contributed by atoms with Crippen molar-refractivity contribution in [1.82, 2.24) is 15.1 Å². The van der Waals surface area contributed by atoms with Crippen LogP contribution in [0.3, 0.4) is 0 Å². The Morgan fingerprint density at radius 3 is 2.94 bits per heavy atom. The Kier molecular flexibility index (Phi) is 3.49. The summed E-state index contributed by atoms with van der Waals surface area (Å²) >= 11 is 0. The third kappa shape index (κ3) is 2.86. The van der Waals surface area contributed by atoms with E-state index in [0.717, 1.165) is 19.5 Å². The predicted molar refractivity (Wildman–Crippen MR) is 66.2 cm³/mol. The molecule has 4 heteroatoms. The van der Waals surface area contributed by atoms with E-state index in [1.165, 1.54) is 24.1 Å². The molecule has 1 fully saturated rings. The molecule has 0 bridgehead atoms. The summed E-state index contributed by atoms with van der Waals surface area (Å²) in [5.41, 5.74) is 2.73. The highest BCUT2D eigenvalue weighted by molar-refractivity contribution is 5.16. The van der Waals surface area contributed by atoms with Crippen molar-refractivity contribution in [2.24, 2.45) is 12.5 Å². The Bertz CT molecular complexity index is 423. The Balaban J connectivity index is 1.84. The highest BCUT2D eigenvalue weighted by Crippen LogP contribution is 2.47. The maximum Gasteiger partial charge on any atom is 0.0666 e. The van der Waals surface area contributed by atoms with Crippen molar-refractivity contribution in [3.05, 3.63) is 17.5 Å². The molecule has 1 heterocycles. The van der Waals surface area contributed by atoms with E-state index >= 15 is 0 Å². The van der Waals surface area contributed by atoms with E-state index in [1.54, 1.807) is 0 Å². The number of hydrogen-bond acceptors (Lipinski definition) is 3. The number of rotatable bonds is 6. The van der Waals surface area contributed by atoms with Crippen LogP contribution in [0.4, 0.5) is 0 Å². The Hall–Kier alpha value is -1.34. The minimum atomic E-state index is 0.281. The van der Waals surface area contributed by atoms with Gasteiger partial charge in [-0.25, -0.2) is 0 Å². The zero-order chi connectivity index (χ0) is 12.3. The van der Waals surface area contributed by atoms with Gasteiger partial charge in [0, 0.05) is 38.3 Å². The van der Waals surface area contributed by atoms with Gasteiger partial charge in [0.05, 0.1) is 11.8 Å². The number of hydrogen-bond donors (Lipinski definition) is 1. The average Bonchev–Trinajstić information content (AvgIpc) is 2.96. The van der Waals surface area contributed by atoms with Crippen LogP contribution in [0.2, 0.25) is 0 Å². The van der Waals surface area contributed by atoms with E-state index in [0.29, 0.717) is 6.42 Å². The second-order valence-electron chi connectivity index (χ2n) is 5.07. The van der Waals surface area contributed by atoms with Gasteiger partial charge in [-0.1, -0.05) is 6.92 Å². The largest absolute Gasteiger partial charge is 0.312 e. The van der Waals surface area contributed by atoms with Crippen LogP contribution < -0.4 is 5.32 Å². The average molecular weight is 232 g/mol. The summed E-state index contributed by atoms with van der Waals surface area (Å²) in [5, 5.41) is 16.6. The van der Waals surface area contributed by atoms with Gasteiger partial charge < -0.3 is 5.32 Å². The smallest absolute Gasteiger partial charge is 0.0666 e. The summed E-state index contributed by atoms with van der Waals surface area (Å²) in [6.45, 7) is 3.95. The van der Waals surface area contributed by atoms with E-state index in [-0.39, 0.29) is 5.41 Å². The molecule has 1 aromatic rings. The standard InChI is InChI=1S/C13H20N4/c1-3-12-11(9-17(2)16-12)8-15-10-13(4-5-13)6-7-14/h9,15H,3-6,8,10H2,1-2H3. The topological polar surface area (TPSA) is 53.6 Å². The van der Waals surface area contributed by atoms with E-state index in [1.807, 2.05) is 11.7 Å². The predicted octanol–water partition coefficient (Wildman–Crippen LogP) is 1.77.